The van der Waals surface area contributed by atoms with Crippen molar-refractivity contribution >= 4 is 11.8 Å². The lowest BCUT2D eigenvalue weighted by Crippen LogP contribution is -2.53. The second-order valence-corrected chi connectivity index (χ2v) is 8.62. The lowest BCUT2D eigenvalue weighted by atomic mass is 9.60. The second kappa shape index (κ2) is 5.72. The molecular weight excluding hydrogens is 302 g/mol. The number of piperidine rings is 1. The Morgan fingerprint density at radius 2 is 1.83 bits per heavy atom. The van der Waals surface area contributed by atoms with Gasteiger partial charge in [0.05, 0.1) is 5.41 Å². The molecule has 24 heavy (non-hydrogen) atoms. The highest BCUT2D eigenvalue weighted by atomic mass is 16.2. The van der Waals surface area contributed by atoms with Gasteiger partial charge in [0, 0.05) is 45.1 Å². The van der Waals surface area contributed by atoms with Crippen molar-refractivity contribution in [2.75, 3.05) is 45.8 Å². The third-order valence-corrected chi connectivity index (χ3v) is 7.33. The fourth-order valence-corrected chi connectivity index (χ4v) is 5.53. The van der Waals surface area contributed by atoms with E-state index in [0.29, 0.717) is 12.5 Å². The predicted molar refractivity (Wildman–Crippen MR) is 92.4 cm³/mol. The highest BCUT2D eigenvalue weighted by molar-refractivity contribution is 5.88. The molecule has 4 rings (SSSR count). The largest absolute Gasteiger partial charge is 0.342 e. The van der Waals surface area contributed by atoms with Gasteiger partial charge >= 0.3 is 0 Å². The average molecular weight is 333 g/mol. The number of amides is 2. The molecule has 0 N–H and O–H groups in total. The first-order chi connectivity index (χ1) is 11.5. The van der Waals surface area contributed by atoms with Gasteiger partial charge in [-0.3, -0.25) is 9.59 Å². The molecule has 4 aliphatic rings. The van der Waals surface area contributed by atoms with E-state index in [1.54, 1.807) is 6.92 Å². The average Bonchev–Trinajstić information content (AvgIpc) is 3.25. The van der Waals surface area contributed by atoms with Crippen molar-refractivity contribution in [2.24, 2.45) is 16.7 Å². The summed E-state index contributed by atoms with van der Waals surface area (Å²) >= 11 is 0. The molecule has 0 aromatic heterocycles. The molecule has 2 spiro atoms. The Morgan fingerprint density at radius 3 is 2.38 bits per heavy atom. The molecular formula is C19H31N3O2. The topological polar surface area (TPSA) is 43.9 Å². The van der Waals surface area contributed by atoms with Gasteiger partial charge in [-0.1, -0.05) is 0 Å². The minimum Gasteiger partial charge on any atom is -0.342 e. The standard InChI is InChI=1S/C19H31N3O2/c1-3-21-11-8-19(17(21)24)14-22(15(2)23)13-18(19)6-9-20(10-7-18)12-16-4-5-16/h16H,3-14H2,1-2H3/t19-/m1/s1. The first kappa shape index (κ1) is 16.4. The highest BCUT2D eigenvalue weighted by Crippen LogP contribution is 2.57. The molecule has 0 aromatic carbocycles. The summed E-state index contributed by atoms with van der Waals surface area (Å²) < 4.78 is 0. The number of rotatable bonds is 3. The van der Waals surface area contributed by atoms with Crippen LogP contribution >= 0.6 is 0 Å². The third kappa shape index (κ3) is 2.39. The lowest BCUT2D eigenvalue weighted by Gasteiger charge is -2.46. The van der Waals surface area contributed by atoms with E-state index in [-0.39, 0.29) is 16.7 Å². The molecule has 3 heterocycles. The van der Waals surface area contributed by atoms with Crippen molar-refractivity contribution in [3.63, 3.8) is 0 Å². The molecule has 2 amide bonds. The Labute approximate surface area is 145 Å². The zero-order chi connectivity index (χ0) is 16.9. The summed E-state index contributed by atoms with van der Waals surface area (Å²) in [5, 5.41) is 0. The number of carbonyl (C=O) groups is 2. The molecule has 0 unspecified atom stereocenters. The van der Waals surface area contributed by atoms with Crippen LogP contribution in [0.1, 0.15) is 46.0 Å². The molecule has 134 valence electrons. The molecule has 0 aromatic rings. The molecule has 5 heteroatoms. The quantitative estimate of drug-likeness (QED) is 0.788. The van der Waals surface area contributed by atoms with Gasteiger partial charge in [0.1, 0.15) is 0 Å². The second-order valence-electron chi connectivity index (χ2n) is 8.62. The Bertz CT molecular complexity index is 537. The SMILES string of the molecule is CCN1CC[C@@]2(CN(C(C)=O)CC23CCN(CC2CC2)CC3)C1=O. The third-order valence-electron chi connectivity index (χ3n) is 7.33. The van der Waals surface area contributed by atoms with Crippen LogP contribution in [0.3, 0.4) is 0 Å². The number of likely N-dealkylation sites (tertiary alicyclic amines) is 3. The summed E-state index contributed by atoms with van der Waals surface area (Å²) in [5.74, 6) is 1.38. The minimum atomic E-state index is -0.305. The van der Waals surface area contributed by atoms with Crippen LogP contribution < -0.4 is 0 Å². The number of hydrogen-bond acceptors (Lipinski definition) is 3. The summed E-state index contributed by atoms with van der Waals surface area (Å²) in [5.41, 5.74) is -0.292. The number of nitrogens with zero attached hydrogens (tertiary/aromatic N) is 3. The van der Waals surface area contributed by atoms with E-state index in [2.05, 4.69) is 11.8 Å². The van der Waals surface area contributed by atoms with Crippen molar-refractivity contribution in [1.29, 1.82) is 0 Å². The van der Waals surface area contributed by atoms with Gasteiger partial charge in [-0.15, -0.1) is 0 Å². The fourth-order valence-electron chi connectivity index (χ4n) is 5.53. The molecule has 0 bridgehead atoms. The van der Waals surface area contributed by atoms with Gasteiger partial charge in [0.15, 0.2) is 0 Å². The minimum absolute atomic E-state index is 0.0136. The zero-order valence-electron chi connectivity index (χ0n) is 15.2. The summed E-state index contributed by atoms with van der Waals surface area (Å²) in [6, 6.07) is 0. The normalized spacial score (nSPS) is 33.2. The van der Waals surface area contributed by atoms with Crippen molar-refractivity contribution in [3.8, 4) is 0 Å². The van der Waals surface area contributed by atoms with Crippen molar-refractivity contribution in [1.82, 2.24) is 14.7 Å². The van der Waals surface area contributed by atoms with Crippen LogP contribution in [0.5, 0.6) is 0 Å². The van der Waals surface area contributed by atoms with E-state index < -0.39 is 0 Å². The smallest absolute Gasteiger partial charge is 0.231 e. The predicted octanol–water partition coefficient (Wildman–Crippen LogP) is 1.58. The summed E-state index contributed by atoms with van der Waals surface area (Å²) in [7, 11) is 0. The fraction of sp³-hybridized carbons (Fsp3) is 0.895. The van der Waals surface area contributed by atoms with Crippen LogP contribution in [0.15, 0.2) is 0 Å². The lowest BCUT2D eigenvalue weighted by molar-refractivity contribution is -0.142. The molecule has 1 saturated carbocycles. The molecule has 1 atom stereocenters. The van der Waals surface area contributed by atoms with Crippen LogP contribution in [-0.2, 0) is 9.59 Å². The van der Waals surface area contributed by atoms with E-state index in [1.165, 1.54) is 19.4 Å². The Hall–Kier alpha value is -1.10. The van der Waals surface area contributed by atoms with Crippen LogP contribution in [0.2, 0.25) is 0 Å². The Kier molecular flexibility index (Phi) is 3.90. The van der Waals surface area contributed by atoms with Gasteiger partial charge in [-0.2, -0.15) is 0 Å². The summed E-state index contributed by atoms with van der Waals surface area (Å²) in [6.07, 6.45) is 5.88. The van der Waals surface area contributed by atoms with Crippen molar-refractivity contribution in [2.45, 2.75) is 46.0 Å². The maximum absolute atomic E-state index is 13.2. The van der Waals surface area contributed by atoms with E-state index >= 15 is 0 Å². The zero-order valence-corrected chi connectivity index (χ0v) is 15.2. The van der Waals surface area contributed by atoms with Crippen LogP contribution in [0.4, 0.5) is 0 Å². The van der Waals surface area contributed by atoms with E-state index in [4.69, 9.17) is 0 Å². The van der Waals surface area contributed by atoms with Crippen molar-refractivity contribution in [3.05, 3.63) is 0 Å². The summed E-state index contributed by atoms with van der Waals surface area (Å²) in [6.45, 7) is 10.3. The van der Waals surface area contributed by atoms with Crippen LogP contribution in [0.25, 0.3) is 0 Å². The number of fused-ring (bicyclic) bond motifs is 1. The van der Waals surface area contributed by atoms with Gasteiger partial charge in [-0.25, -0.2) is 0 Å². The monoisotopic (exact) mass is 333 g/mol. The van der Waals surface area contributed by atoms with Gasteiger partial charge in [-0.05, 0) is 58.0 Å². The molecule has 3 saturated heterocycles. The van der Waals surface area contributed by atoms with Crippen LogP contribution in [0, 0.1) is 16.7 Å². The van der Waals surface area contributed by atoms with Gasteiger partial charge in [0.25, 0.3) is 0 Å². The Balaban J connectivity index is 1.57. The Morgan fingerprint density at radius 1 is 1.12 bits per heavy atom. The maximum Gasteiger partial charge on any atom is 0.231 e. The molecule has 3 aliphatic heterocycles. The molecule has 1 aliphatic carbocycles. The molecule has 0 radical (unpaired) electrons. The van der Waals surface area contributed by atoms with Gasteiger partial charge < -0.3 is 14.7 Å². The van der Waals surface area contributed by atoms with E-state index in [0.717, 1.165) is 57.9 Å². The van der Waals surface area contributed by atoms with E-state index in [9.17, 15) is 9.59 Å². The summed E-state index contributed by atoms with van der Waals surface area (Å²) in [4.78, 5) is 31.9. The number of carbonyl (C=O) groups excluding carboxylic acids is 2. The van der Waals surface area contributed by atoms with E-state index in [1.807, 2.05) is 9.80 Å². The molecule has 5 nitrogen and oxygen atoms in total. The van der Waals surface area contributed by atoms with Gasteiger partial charge in [0.2, 0.25) is 11.8 Å². The first-order valence-electron chi connectivity index (χ1n) is 9.77. The maximum atomic E-state index is 13.2. The van der Waals surface area contributed by atoms with Crippen LogP contribution in [-0.4, -0.2) is 72.3 Å². The molecule has 4 fully saturated rings. The first-order valence-corrected chi connectivity index (χ1v) is 9.77. The number of hydrogen-bond donors (Lipinski definition) is 0. The van der Waals surface area contributed by atoms with Crippen molar-refractivity contribution < 1.29 is 9.59 Å². The highest BCUT2D eigenvalue weighted by Gasteiger charge is 2.65.